The summed E-state index contributed by atoms with van der Waals surface area (Å²) in [6, 6.07) is 5.59. The number of rotatable bonds is 3. The van der Waals surface area contributed by atoms with Crippen LogP contribution in [0.15, 0.2) is 27.6 Å². The summed E-state index contributed by atoms with van der Waals surface area (Å²) < 4.78 is 27.5. The van der Waals surface area contributed by atoms with E-state index in [1.165, 1.54) is 0 Å². The van der Waals surface area contributed by atoms with Gasteiger partial charge in [0.05, 0.1) is 4.90 Å². The van der Waals surface area contributed by atoms with Crippen molar-refractivity contribution < 1.29 is 8.42 Å². The van der Waals surface area contributed by atoms with Crippen LogP contribution in [0.3, 0.4) is 0 Å². The van der Waals surface area contributed by atoms with Gasteiger partial charge in [0.1, 0.15) is 0 Å². The highest BCUT2D eigenvalue weighted by molar-refractivity contribution is 9.10. The van der Waals surface area contributed by atoms with E-state index >= 15 is 0 Å². The molecule has 6 heteroatoms. The van der Waals surface area contributed by atoms with Gasteiger partial charge < -0.3 is 5.32 Å². The number of sulfonamides is 1. The number of hydrogen-bond acceptors (Lipinski definition) is 3. The lowest BCUT2D eigenvalue weighted by molar-refractivity contribution is 0.292. The average Bonchev–Trinajstić information content (AvgIpc) is 2.38. The molecule has 1 saturated heterocycles. The quantitative estimate of drug-likeness (QED) is 0.911. The van der Waals surface area contributed by atoms with Crippen LogP contribution in [0.5, 0.6) is 0 Å². The molecule has 0 spiro atoms. The van der Waals surface area contributed by atoms with Crippen molar-refractivity contribution in [2.45, 2.75) is 30.7 Å². The summed E-state index contributed by atoms with van der Waals surface area (Å²) in [6.07, 6.45) is 1.92. The average molecular weight is 347 g/mol. The molecule has 1 aromatic carbocycles. The lowest BCUT2D eigenvalue weighted by Gasteiger charge is -2.31. The monoisotopic (exact) mass is 346 g/mol. The molecule has 106 valence electrons. The Kier molecular flexibility index (Phi) is 4.66. The largest absolute Gasteiger partial charge is 0.316 e. The zero-order valence-electron chi connectivity index (χ0n) is 11.2. The van der Waals surface area contributed by atoms with Crippen molar-refractivity contribution in [1.82, 2.24) is 9.62 Å². The van der Waals surface area contributed by atoms with Gasteiger partial charge in [0.2, 0.25) is 10.0 Å². The zero-order valence-corrected chi connectivity index (χ0v) is 13.6. The van der Waals surface area contributed by atoms with Gasteiger partial charge in [-0.1, -0.05) is 6.07 Å². The molecule has 4 nitrogen and oxygen atoms in total. The number of halogens is 1. The Balaban J connectivity index is 2.31. The van der Waals surface area contributed by atoms with E-state index in [9.17, 15) is 8.42 Å². The second kappa shape index (κ2) is 5.91. The predicted octanol–water partition coefficient (Wildman–Crippen LogP) is 2.13. The second-order valence-electron chi connectivity index (χ2n) is 4.92. The Labute approximate surface area is 123 Å². The van der Waals surface area contributed by atoms with Crippen LogP contribution >= 0.6 is 15.9 Å². The number of hydrogen-bond donors (Lipinski definition) is 1. The number of nitrogens with zero attached hydrogens (tertiary/aromatic N) is 1. The highest BCUT2D eigenvalue weighted by Crippen LogP contribution is 2.27. The first-order valence-corrected chi connectivity index (χ1v) is 8.62. The van der Waals surface area contributed by atoms with Crippen LogP contribution in [0.4, 0.5) is 0 Å². The molecular weight excluding hydrogens is 328 g/mol. The number of piperidine rings is 1. The van der Waals surface area contributed by atoms with E-state index in [1.54, 1.807) is 10.4 Å². The number of benzene rings is 1. The van der Waals surface area contributed by atoms with Crippen LogP contribution in [0.1, 0.15) is 18.4 Å². The molecule has 1 fully saturated rings. The molecule has 1 heterocycles. The molecule has 0 aliphatic carbocycles. The molecule has 1 aliphatic heterocycles. The van der Waals surface area contributed by atoms with Gasteiger partial charge in [-0.3, -0.25) is 0 Å². The maximum Gasteiger partial charge on any atom is 0.244 e. The molecule has 19 heavy (non-hydrogen) atoms. The summed E-state index contributed by atoms with van der Waals surface area (Å²) in [5.74, 6) is 0. The topological polar surface area (TPSA) is 49.4 Å². The van der Waals surface area contributed by atoms with Gasteiger partial charge in [-0.2, -0.15) is 4.31 Å². The molecule has 1 atom stereocenters. The molecule has 1 N–H and O–H groups in total. The summed E-state index contributed by atoms with van der Waals surface area (Å²) in [6.45, 7) is 3.08. The molecule has 0 bridgehead atoms. The summed E-state index contributed by atoms with van der Waals surface area (Å²) in [4.78, 5) is 0.356. The van der Waals surface area contributed by atoms with E-state index in [-0.39, 0.29) is 6.04 Å². The van der Waals surface area contributed by atoms with Crippen LogP contribution in [0.2, 0.25) is 0 Å². The normalized spacial score (nSPS) is 21.5. The lowest BCUT2D eigenvalue weighted by atomic mass is 10.1. The molecule has 1 aromatic rings. The van der Waals surface area contributed by atoms with Crippen LogP contribution in [-0.2, 0) is 10.0 Å². The molecule has 0 aromatic heterocycles. The highest BCUT2D eigenvalue weighted by atomic mass is 79.9. The lowest BCUT2D eigenvalue weighted by Crippen LogP contribution is -2.46. The smallest absolute Gasteiger partial charge is 0.244 e. The minimum Gasteiger partial charge on any atom is -0.316 e. The minimum absolute atomic E-state index is 0.243. The third kappa shape index (κ3) is 3.18. The maximum atomic E-state index is 12.6. The standard InChI is InChI=1S/C13H19BrN2O2S/c1-10-5-6-13(12(14)8-10)19(17,18)16-7-3-4-11(9-16)15-2/h5-6,8,11,15H,3-4,7,9H2,1-2H3/t11-/m0/s1. The van der Waals surface area contributed by atoms with Gasteiger partial charge >= 0.3 is 0 Å². The van der Waals surface area contributed by atoms with Gasteiger partial charge in [0, 0.05) is 23.6 Å². The van der Waals surface area contributed by atoms with Crippen molar-refractivity contribution in [3.8, 4) is 0 Å². The van der Waals surface area contributed by atoms with Crippen LogP contribution in [0, 0.1) is 6.92 Å². The van der Waals surface area contributed by atoms with Gasteiger partial charge in [-0.15, -0.1) is 0 Å². The van der Waals surface area contributed by atoms with Crippen molar-refractivity contribution in [2.24, 2.45) is 0 Å². The van der Waals surface area contributed by atoms with E-state index in [0.717, 1.165) is 18.4 Å². The molecule has 0 unspecified atom stereocenters. The van der Waals surface area contributed by atoms with E-state index < -0.39 is 10.0 Å². The van der Waals surface area contributed by atoms with Crippen molar-refractivity contribution in [1.29, 1.82) is 0 Å². The van der Waals surface area contributed by atoms with Crippen LogP contribution < -0.4 is 5.32 Å². The van der Waals surface area contributed by atoms with Gasteiger partial charge in [-0.05, 0) is 60.4 Å². The van der Waals surface area contributed by atoms with Gasteiger partial charge in [0.15, 0.2) is 0 Å². The fourth-order valence-corrected chi connectivity index (χ4v) is 5.03. The van der Waals surface area contributed by atoms with Crippen molar-refractivity contribution in [3.05, 3.63) is 28.2 Å². The molecule has 0 amide bonds. The summed E-state index contributed by atoms with van der Waals surface area (Å²) in [5, 5.41) is 3.16. The predicted molar refractivity (Wildman–Crippen MR) is 79.7 cm³/mol. The van der Waals surface area contributed by atoms with Gasteiger partial charge in [0.25, 0.3) is 0 Å². The first-order chi connectivity index (χ1) is 8.95. The Hall–Kier alpha value is -0.430. The first-order valence-electron chi connectivity index (χ1n) is 6.38. The fourth-order valence-electron chi connectivity index (χ4n) is 2.35. The fraction of sp³-hybridized carbons (Fsp3) is 0.538. The van der Waals surface area contributed by atoms with Crippen LogP contribution in [0.25, 0.3) is 0 Å². The van der Waals surface area contributed by atoms with Crippen molar-refractivity contribution in [3.63, 3.8) is 0 Å². The zero-order chi connectivity index (χ0) is 14.0. The van der Waals surface area contributed by atoms with E-state index in [1.807, 2.05) is 26.1 Å². The maximum absolute atomic E-state index is 12.6. The Bertz CT molecular complexity index is 560. The van der Waals surface area contributed by atoms with E-state index in [2.05, 4.69) is 21.2 Å². The third-order valence-corrected chi connectivity index (χ3v) is 6.34. The van der Waals surface area contributed by atoms with E-state index in [0.29, 0.717) is 22.5 Å². The van der Waals surface area contributed by atoms with Gasteiger partial charge in [-0.25, -0.2) is 8.42 Å². The summed E-state index contributed by atoms with van der Waals surface area (Å²) in [7, 11) is -1.53. The minimum atomic E-state index is -3.41. The molecule has 0 radical (unpaired) electrons. The van der Waals surface area contributed by atoms with Crippen LogP contribution in [-0.4, -0.2) is 38.9 Å². The Morgan fingerprint density at radius 2 is 2.16 bits per heavy atom. The number of likely N-dealkylation sites (N-methyl/N-ethyl adjacent to an activating group) is 1. The Morgan fingerprint density at radius 3 is 2.79 bits per heavy atom. The molecular formula is C13H19BrN2O2S. The Morgan fingerprint density at radius 1 is 1.42 bits per heavy atom. The highest BCUT2D eigenvalue weighted by Gasteiger charge is 2.30. The molecule has 2 rings (SSSR count). The van der Waals surface area contributed by atoms with Crippen molar-refractivity contribution >= 4 is 26.0 Å². The molecule has 0 saturated carbocycles. The molecule has 1 aliphatic rings. The van der Waals surface area contributed by atoms with Crippen molar-refractivity contribution in [2.75, 3.05) is 20.1 Å². The SMILES string of the molecule is CN[C@H]1CCCN(S(=O)(=O)c2ccc(C)cc2Br)C1. The second-order valence-corrected chi connectivity index (χ2v) is 7.69. The summed E-state index contributed by atoms with van der Waals surface area (Å²) in [5.41, 5.74) is 1.04. The summed E-state index contributed by atoms with van der Waals surface area (Å²) >= 11 is 3.36. The first kappa shape index (κ1) is 15.0. The number of nitrogens with one attached hydrogen (secondary N) is 1. The third-order valence-electron chi connectivity index (χ3n) is 3.50. The van der Waals surface area contributed by atoms with E-state index in [4.69, 9.17) is 0 Å². The number of aryl methyl sites for hydroxylation is 1.